The fourth-order valence-corrected chi connectivity index (χ4v) is 4.72. The molecule has 3 heterocycles. The Labute approximate surface area is 200 Å². The number of rotatable bonds is 7. The van der Waals surface area contributed by atoms with E-state index in [0.717, 1.165) is 13.0 Å². The molecule has 3 aromatic rings. The van der Waals surface area contributed by atoms with Gasteiger partial charge in [0.05, 0.1) is 11.4 Å². The summed E-state index contributed by atoms with van der Waals surface area (Å²) in [5.74, 6) is -0.877. The lowest BCUT2D eigenvalue weighted by molar-refractivity contribution is 0.0939. The van der Waals surface area contributed by atoms with Gasteiger partial charge in [0, 0.05) is 41.9 Å². The van der Waals surface area contributed by atoms with Crippen LogP contribution in [0.2, 0.25) is 0 Å². The first kappa shape index (κ1) is 23.2. The summed E-state index contributed by atoms with van der Waals surface area (Å²) in [5.41, 5.74) is 0.225. The third-order valence-corrected chi connectivity index (χ3v) is 6.66. The third-order valence-electron chi connectivity index (χ3n) is 6.66. The maximum absolute atomic E-state index is 14.5. The van der Waals surface area contributed by atoms with Crippen molar-refractivity contribution in [3.05, 3.63) is 71.6 Å². The molecule has 0 spiro atoms. The van der Waals surface area contributed by atoms with Crippen molar-refractivity contribution in [1.82, 2.24) is 25.8 Å². The Morgan fingerprint density at radius 1 is 1.11 bits per heavy atom. The number of halogens is 3. The van der Waals surface area contributed by atoms with Crippen molar-refractivity contribution in [2.24, 2.45) is 0 Å². The number of carbonyl (C=O) groups is 1. The normalized spacial score (nSPS) is 23.5. The molecule has 1 saturated carbocycles. The van der Waals surface area contributed by atoms with Crippen LogP contribution in [0.4, 0.5) is 19.0 Å². The second-order valence-corrected chi connectivity index (χ2v) is 9.13. The van der Waals surface area contributed by atoms with Crippen LogP contribution in [-0.2, 0) is 5.41 Å². The molecule has 7 nitrogen and oxygen atoms in total. The minimum absolute atomic E-state index is 0.0485. The Hall–Kier alpha value is -3.53. The number of anilines is 1. The largest absolute Gasteiger partial charge is 0.368 e. The van der Waals surface area contributed by atoms with Gasteiger partial charge in [0.2, 0.25) is 0 Å². The summed E-state index contributed by atoms with van der Waals surface area (Å²) in [6.45, 7) is 1.79. The molecular weight excluding hydrogens is 457 g/mol. The van der Waals surface area contributed by atoms with Crippen molar-refractivity contribution in [3.63, 3.8) is 0 Å². The van der Waals surface area contributed by atoms with Crippen LogP contribution in [0, 0.1) is 11.6 Å². The minimum atomic E-state index is -1.01. The lowest BCUT2D eigenvalue weighted by Crippen LogP contribution is -2.49. The molecular formula is C25H25F3N6O. The van der Waals surface area contributed by atoms with Crippen molar-refractivity contribution in [2.75, 3.05) is 25.0 Å². The molecule has 1 aromatic carbocycles. The van der Waals surface area contributed by atoms with Crippen molar-refractivity contribution >= 4 is 11.7 Å². The van der Waals surface area contributed by atoms with E-state index in [-0.39, 0.29) is 48.3 Å². The molecule has 0 radical (unpaired) electrons. The summed E-state index contributed by atoms with van der Waals surface area (Å²) >= 11 is 0. The molecule has 2 fully saturated rings. The zero-order valence-electron chi connectivity index (χ0n) is 18.9. The van der Waals surface area contributed by atoms with E-state index in [2.05, 4.69) is 31.1 Å². The predicted octanol–water partition coefficient (Wildman–Crippen LogP) is 3.39. The zero-order chi connectivity index (χ0) is 24.4. The lowest BCUT2D eigenvalue weighted by atomic mass is 9.65. The molecule has 3 N–H and O–H groups in total. The van der Waals surface area contributed by atoms with Gasteiger partial charge in [0.25, 0.3) is 5.91 Å². The molecule has 0 bridgehead atoms. The van der Waals surface area contributed by atoms with Crippen LogP contribution in [0.5, 0.6) is 0 Å². The van der Waals surface area contributed by atoms with Gasteiger partial charge in [-0.25, -0.2) is 13.2 Å². The average molecular weight is 483 g/mol. The molecule has 10 heteroatoms. The van der Waals surface area contributed by atoms with E-state index in [1.807, 2.05) is 0 Å². The van der Waals surface area contributed by atoms with Crippen LogP contribution in [-0.4, -0.2) is 52.9 Å². The standard InChI is InChI=1S/C25H25F3N6O/c26-16-11-25(12-16,23-20(28)2-1-8-30-23)14-31-22-6-5-21(33-34-22)18-10-15(3-4-19(18)27)24(35)32-17-7-9-29-13-17/h1-6,8,10,16-17,29H,7,9,11-14H2,(H,31,34)(H,32,35)/t16?,17-,25?/m1/s1. The Bertz CT molecular complexity index is 1210. The second kappa shape index (κ2) is 9.61. The number of hydrogen-bond donors (Lipinski definition) is 3. The summed E-state index contributed by atoms with van der Waals surface area (Å²) in [6.07, 6.45) is 1.66. The van der Waals surface area contributed by atoms with Crippen molar-refractivity contribution in [2.45, 2.75) is 36.9 Å². The van der Waals surface area contributed by atoms with Gasteiger partial charge in [0.1, 0.15) is 23.6 Å². The van der Waals surface area contributed by atoms with Gasteiger partial charge in [-0.15, -0.1) is 10.2 Å². The predicted molar refractivity (Wildman–Crippen MR) is 125 cm³/mol. The zero-order valence-corrected chi connectivity index (χ0v) is 18.9. The van der Waals surface area contributed by atoms with Gasteiger partial charge >= 0.3 is 0 Å². The number of carbonyl (C=O) groups excluding carboxylic acids is 1. The van der Waals surface area contributed by atoms with E-state index in [9.17, 15) is 18.0 Å². The number of hydrogen-bond acceptors (Lipinski definition) is 6. The molecule has 2 aromatic heterocycles. The van der Waals surface area contributed by atoms with Crippen LogP contribution in [0.3, 0.4) is 0 Å². The summed E-state index contributed by atoms with van der Waals surface area (Å²) in [7, 11) is 0. The Kier molecular flexibility index (Phi) is 6.38. The van der Waals surface area contributed by atoms with E-state index in [0.29, 0.717) is 17.9 Å². The number of benzene rings is 1. The van der Waals surface area contributed by atoms with Crippen LogP contribution in [0.1, 0.15) is 35.3 Å². The fourth-order valence-electron chi connectivity index (χ4n) is 4.72. The minimum Gasteiger partial charge on any atom is -0.368 e. The van der Waals surface area contributed by atoms with Crippen molar-refractivity contribution in [3.8, 4) is 11.3 Å². The first-order valence-corrected chi connectivity index (χ1v) is 11.6. The van der Waals surface area contributed by atoms with Gasteiger partial charge in [-0.3, -0.25) is 9.78 Å². The molecule has 1 atom stereocenters. The summed E-state index contributed by atoms with van der Waals surface area (Å²) < 4.78 is 42.6. The summed E-state index contributed by atoms with van der Waals surface area (Å²) in [4.78, 5) is 16.7. The van der Waals surface area contributed by atoms with Crippen molar-refractivity contribution < 1.29 is 18.0 Å². The second-order valence-electron chi connectivity index (χ2n) is 9.13. The number of aromatic nitrogens is 3. The van der Waals surface area contributed by atoms with Crippen LogP contribution >= 0.6 is 0 Å². The first-order chi connectivity index (χ1) is 16.9. The molecule has 5 rings (SSSR count). The quantitative estimate of drug-likeness (QED) is 0.478. The van der Waals surface area contributed by atoms with E-state index >= 15 is 0 Å². The Balaban J connectivity index is 1.29. The third kappa shape index (κ3) is 4.84. The fraction of sp³-hybridized carbons (Fsp3) is 0.360. The van der Waals surface area contributed by atoms with Gasteiger partial charge in [-0.05, 0) is 68.3 Å². The van der Waals surface area contributed by atoms with Gasteiger partial charge in [0.15, 0.2) is 0 Å². The van der Waals surface area contributed by atoms with E-state index in [4.69, 9.17) is 0 Å². The van der Waals surface area contributed by atoms with Crippen LogP contribution in [0.15, 0.2) is 48.7 Å². The highest BCUT2D eigenvalue weighted by atomic mass is 19.1. The molecule has 1 aliphatic heterocycles. The Morgan fingerprint density at radius 3 is 2.66 bits per heavy atom. The smallest absolute Gasteiger partial charge is 0.251 e. The van der Waals surface area contributed by atoms with E-state index in [1.165, 1.54) is 36.5 Å². The number of pyridine rings is 1. The van der Waals surface area contributed by atoms with Crippen LogP contribution < -0.4 is 16.0 Å². The highest BCUT2D eigenvalue weighted by Crippen LogP contribution is 2.45. The number of amides is 1. The average Bonchev–Trinajstić information content (AvgIpc) is 3.35. The lowest BCUT2D eigenvalue weighted by Gasteiger charge is -2.44. The maximum Gasteiger partial charge on any atom is 0.251 e. The summed E-state index contributed by atoms with van der Waals surface area (Å²) in [5, 5.41) is 17.4. The molecule has 35 heavy (non-hydrogen) atoms. The molecule has 0 unspecified atom stereocenters. The SMILES string of the molecule is O=C(N[C@@H]1CCNC1)c1ccc(F)c(-c2ccc(NCC3(c4ncccc4F)CC(F)C3)nn2)c1. The van der Waals surface area contributed by atoms with Gasteiger partial charge in [-0.2, -0.15) is 0 Å². The Morgan fingerprint density at radius 2 is 1.97 bits per heavy atom. The summed E-state index contributed by atoms with van der Waals surface area (Å²) in [6, 6.07) is 10.2. The van der Waals surface area contributed by atoms with Gasteiger partial charge < -0.3 is 16.0 Å². The number of nitrogens with zero attached hydrogens (tertiary/aromatic N) is 3. The van der Waals surface area contributed by atoms with E-state index in [1.54, 1.807) is 12.1 Å². The van der Waals surface area contributed by atoms with Crippen LogP contribution in [0.25, 0.3) is 11.3 Å². The molecule has 182 valence electrons. The molecule has 1 aliphatic carbocycles. The van der Waals surface area contributed by atoms with Crippen molar-refractivity contribution in [1.29, 1.82) is 0 Å². The van der Waals surface area contributed by atoms with Gasteiger partial charge in [-0.1, -0.05) is 0 Å². The number of nitrogens with one attached hydrogen (secondary N) is 3. The highest BCUT2D eigenvalue weighted by Gasteiger charge is 2.48. The van der Waals surface area contributed by atoms with E-state index < -0.39 is 23.2 Å². The maximum atomic E-state index is 14.5. The first-order valence-electron chi connectivity index (χ1n) is 11.6. The molecule has 2 aliphatic rings. The highest BCUT2D eigenvalue weighted by molar-refractivity contribution is 5.95. The topological polar surface area (TPSA) is 91.8 Å². The number of alkyl halides is 1. The molecule has 1 saturated heterocycles. The monoisotopic (exact) mass is 482 g/mol. The molecule has 1 amide bonds.